The van der Waals surface area contributed by atoms with Gasteiger partial charge in [-0.3, -0.25) is 9.10 Å². The summed E-state index contributed by atoms with van der Waals surface area (Å²) in [5.41, 5.74) is -4.21. The number of halogens is 3. The van der Waals surface area contributed by atoms with E-state index in [0.29, 0.717) is 13.0 Å². The van der Waals surface area contributed by atoms with Gasteiger partial charge in [0.2, 0.25) is 0 Å². The predicted octanol–water partition coefficient (Wildman–Crippen LogP) is 3.78. The van der Waals surface area contributed by atoms with Gasteiger partial charge in [-0.15, -0.1) is 0 Å². The number of para-hydroxylation sites is 2. The molecule has 6 nitrogen and oxygen atoms in total. The number of hydrogen-bond acceptors (Lipinski definition) is 5. The molecule has 1 aliphatic rings. The second-order valence-corrected chi connectivity index (χ2v) is 9.42. The van der Waals surface area contributed by atoms with E-state index in [1.54, 1.807) is 24.3 Å². The Kier molecular flexibility index (Phi) is 6.51. The van der Waals surface area contributed by atoms with Crippen LogP contribution in [0.25, 0.3) is 0 Å². The number of hydrogen-bond donors (Lipinski definition) is 1. The second kappa shape index (κ2) is 8.76. The van der Waals surface area contributed by atoms with E-state index in [1.807, 2.05) is 6.92 Å². The van der Waals surface area contributed by atoms with Gasteiger partial charge in [0, 0.05) is 11.4 Å². The van der Waals surface area contributed by atoms with Gasteiger partial charge in [-0.2, -0.15) is 13.2 Å². The molecule has 0 bridgehead atoms. The summed E-state index contributed by atoms with van der Waals surface area (Å²) in [6.07, 6.45) is -0.347. The molecular weight excluding hydrogens is 441 g/mol. The topological polar surface area (TPSA) is 75.7 Å². The fourth-order valence-corrected chi connectivity index (χ4v) is 4.88. The summed E-state index contributed by atoms with van der Waals surface area (Å²) in [5.74, 6) is -0.211. The van der Waals surface area contributed by atoms with E-state index < -0.39 is 27.5 Å². The van der Waals surface area contributed by atoms with E-state index in [0.717, 1.165) is 28.6 Å². The third kappa shape index (κ3) is 5.01. The molecule has 0 aromatic heterocycles. The van der Waals surface area contributed by atoms with Gasteiger partial charge in [0.05, 0.1) is 17.1 Å². The average Bonchev–Trinajstić information content (AvgIpc) is 2.70. The Labute approximate surface area is 176 Å². The molecule has 0 radical (unpaired) electrons. The van der Waals surface area contributed by atoms with Crippen LogP contribution in [0.2, 0.25) is 0 Å². The first kappa shape index (κ1) is 22.3. The summed E-state index contributed by atoms with van der Waals surface area (Å²) in [6, 6.07) is 10.8. The molecule has 0 spiro atoms. The van der Waals surface area contributed by atoms with Crippen LogP contribution >= 0.6 is 11.8 Å². The zero-order valence-corrected chi connectivity index (χ0v) is 17.5. The number of ether oxygens (including phenoxy) is 1. The fraction of sp³-hybridized carbons (Fsp3) is 0.316. The van der Waals surface area contributed by atoms with Gasteiger partial charge in [-0.1, -0.05) is 19.1 Å². The zero-order valence-electron chi connectivity index (χ0n) is 15.8. The molecule has 1 atom stereocenters. The smallest absolute Gasteiger partial charge is 0.446 e. The maximum atomic E-state index is 13.2. The second-order valence-electron chi connectivity index (χ2n) is 6.42. The van der Waals surface area contributed by atoms with Crippen molar-refractivity contribution in [1.29, 1.82) is 0 Å². The monoisotopic (exact) mass is 460 g/mol. The highest BCUT2D eigenvalue weighted by atomic mass is 32.2. The molecule has 162 valence electrons. The number of sulfonamides is 1. The molecule has 1 aliphatic heterocycles. The van der Waals surface area contributed by atoms with E-state index in [1.165, 1.54) is 0 Å². The molecule has 2 aromatic rings. The summed E-state index contributed by atoms with van der Waals surface area (Å²) in [4.78, 5) is 12.1. The molecule has 30 heavy (non-hydrogen) atoms. The van der Waals surface area contributed by atoms with Crippen molar-refractivity contribution in [2.75, 3.05) is 17.4 Å². The van der Waals surface area contributed by atoms with Crippen LogP contribution in [-0.2, 0) is 14.8 Å². The van der Waals surface area contributed by atoms with Crippen molar-refractivity contribution in [2.45, 2.75) is 34.7 Å². The standard InChI is InChI=1S/C19H19F3N2O4S2/c1-2-11-23-18(25)17-12-24(15-5-3-4-6-16(15)28-17)30(26,27)14-9-7-13(8-10-14)29-19(20,21)22/h3-10,17H,2,11-12H2,1H3,(H,23,25). The van der Waals surface area contributed by atoms with Gasteiger partial charge in [0.15, 0.2) is 6.10 Å². The van der Waals surface area contributed by atoms with Crippen molar-refractivity contribution in [3.05, 3.63) is 48.5 Å². The molecule has 1 heterocycles. The highest BCUT2D eigenvalue weighted by molar-refractivity contribution is 8.00. The van der Waals surface area contributed by atoms with Crippen LogP contribution in [-0.4, -0.2) is 39.0 Å². The van der Waals surface area contributed by atoms with Gasteiger partial charge in [0.25, 0.3) is 15.9 Å². The van der Waals surface area contributed by atoms with Gasteiger partial charge in [-0.25, -0.2) is 8.42 Å². The van der Waals surface area contributed by atoms with Crippen LogP contribution in [0.4, 0.5) is 18.9 Å². The molecule has 0 aliphatic carbocycles. The first-order valence-electron chi connectivity index (χ1n) is 9.04. The van der Waals surface area contributed by atoms with Gasteiger partial charge in [-0.05, 0) is 54.6 Å². The van der Waals surface area contributed by atoms with Crippen LogP contribution in [0.3, 0.4) is 0 Å². The van der Waals surface area contributed by atoms with Gasteiger partial charge in [0.1, 0.15) is 5.75 Å². The molecular formula is C19H19F3N2O4S2. The molecule has 0 fully saturated rings. The average molecular weight is 460 g/mol. The lowest BCUT2D eigenvalue weighted by Gasteiger charge is -2.34. The lowest BCUT2D eigenvalue weighted by atomic mass is 10.2. The molecule has 2 aromatic carbocycles. The van der Waals surface area contributed by atoms with E-state index in [-0.39, 0.29) is 39.5 Å². The van der Waals surface area contributed by atoms with Gasteiger partial charge < -0.3 is 10.1 Å². The number of amides is 1. The minimum atomic E-state index is -4.47. The maximum absolute atomic E-state index is 13.2. The number of carbonyl (C=O) groups excluding carboxylic acids is 1. The van der Waals surface area contributed by atoms with Gasteiger partial charge >= 0.3 is 5.51 Å². The summed E-state index contributed by atoms with van der Waals surface area (Å²) >= 11 is -0.325. The van der Waals surface area contributed by atoms with Crippen molar-refractivity contribution in [1.82, 2.24) is 5.32 Å². The number of nitrogens with one attached hydrogen (secondary N) is 1. The molecule has 1 unspecified atom stereocenters. The van der Waals surface area contributed by atoms with E-state index in [4.69, 9.17) is 4.74 Å². The first-order valence-corrected chi connectivity index (χ1v) is 11.3. The van der Waals surface area contributed by atoms with Crippen LogP contribution in [0.1, 0.15) is 13.3 Å². The first-order chi connectivity index (χ1) is 14.1. The Hall–Kier alpha value is -2.40. The molecule has 3 rings (SSSR count). The number of carbonyl (C=O) groups is 1. The number of nitrogens with zero attached hydrogens (tertiary/aromatic N) is 1. The van der Waals surface area contributed by atoms with Crippen LogP contribution < -0.4 is 14.4 Å². The van der Waals surface area contributed by atoms with Crippen molar-refractivity contribution in [3.63, 3.8) is 0 Å². The Morgan fingerprint density at radius 3 is 2.50 bits per heavy atom. The predicted molar refractivity (Wildman–Crippen MR) is 107 cm³/mol. The molecule has 0 saturated carbocycles. The minimum Gasteiger partial charge on any atom is -0.476 e. The van der Waals surface area contributed by atoms with Crippen LogP contribution in [0.5, 0.6) is 5.75 Å². The molecule has 1 amide bonds. The largest absolute Gasteiger partial charge is 0.476 e. The highest BCUT2D eigenvalue weighted by Gasteiger charge is 2.37. The Morgan fingerprint density at radius 1 is 1.20 bits per heavy atom. The SMILES string of the molecule is CCCNC(=O)C1CN(S(=O)(=O)c2ccc(SC(F)(F)F)cc2)c2ccccc2O1. The van der Waals surface area contributed by atoms with E-state index in [9.17, 15) is 26.4 Å². The molecule has 1 N–H and O–H groups in total. The van der Waals surface area contributed by atoms with E-state index >= 15 is 0 Å². The number of anilines is 1. The normalized spacial score (nSPS) is 16.5. The number of rotatable bonds is 6. The summed E-state index contributed by atoms with van der Waals surface area (Å²) in [5, 5.41) is 2.68. The van der Waals surface area contributed by atoms with Crippen LogP contribution in [0.15, 0.2) is 58.3 Å². The Morgan fingerprint density at radius 2 is 1.87 bits per heavy atom. The zero-order chi connectivity index (χ0) is 21.9. The Bertz CT molecular complexity index is 1010. The number of thioether (sulfide) groups is 1. The Balaban J connectivity index is 1.92. The fourth-order valence-electron chi connectivity index (χ4n) is 2.87. The van der Waals surface area contributed by atoms with Crippen molar-refractivity contribution >= 4 is 33.4 Å². The molecule has 0 saturated heterocycles. The summed E-state index contributed by atoms with van der Waals surface area (Å²) in [6.45, 7) is 2.05. The number of benzene rings is 2. The van der Waals surface area contributed by atoms with Crippen molar-refractivity contribution < 1.29 is 31.1 Å². The third-order valence-electron chi connectivity index (χ3n) is 4.22. The lowest BCUT2D eigenvalue weighted by Crippen LogP contribution is -2.50. The summed E-state index contributed by atoms with van der Waals surface area (Å²) < 4.78 is 70.8. The van der Waals surface area contributed by atoms with Crippen LogP contribution in [0, 0.1) is 0 Å². The minimum absolute atomic E-state index is 0.124. The molecule has 11 heteroatoms. The number of fused-ring (bicyclic) bond motifs is 1. The third-order valence-corrected chi connectivity index (χ3v) is 6.76. The highest BCUT2D eigenvalue weighted by Crippen LogP contribution is 2.39. The van der Waals surface area contributed by atoms with E-state index in [2.05, 4.69) is 5.32 Å². The maximum Gasteiger partial charge on any atom is 0.446 e. The van der Waals surface area contributed by atoms with Crippen molar-refractivity contribution in [3.8, 4) is 5.75 Å². The summed E-state index contributed by atoms with van der Waals surface area (Å²) in [7, 11) is -4.14. The lowest BCUT2D eigenvalue weighted by molar-refractivity contribution is -0.127. The number of alkyl halides is 3. The quantitative estimate of drug-likeness (QED) is 0.664. The van der Waals surface area contributed by atoms with Crippen molar-refractivity contribution in [2.24, 2.45) is 0 Å².